The van der Waals surface area contributed by atoms with Crippen molar-refractivity contribution in [3.8, 4) is 0 Å². The molecule has 0 amide bonds. The zero-order chi connectivity index (χ0) is 13.8. The summed E-state index contributed by atoms with van der Waals surface area (Å²) in [5, 5.41) is 10.9. The number of nitro benzene ring substituents is 1. The van der Waals surface area contributed by atoms with E-state index in [-0.39, 0.29) is 11.4 Å². The summed E-state index contributed by atoms with van der Waals surface area (Å²) >= 11 is 1.30. The van der Waals surface area contributed by atoms with Crippen molar-refractivity contribution in [2.24, 2.45) is 0 Å². The predicted octanol–water partition coefficient (Wildman–Crippen LogP) is 3.00. The molecule has 1 aromatic carbocycles. The minimum Gasteiger partial charge on any atom is -0.397 e. The average molecular weight is 279 g/mol. The summed E-state index contributed by atoms with van der Waals surface area (Å²) in [5.41, 5.74) is 6.44. The summed E-state index contributed by atoms with van der Waals surface area (Å²) in [7, 11) is 0. The normalized spacial score (nSPS) is 10.4. The van der Waals surface area contributed by atoms with Gasteiger partial charge in [0.05, 0.1) is 16.8 Å². The topological polar surface area (TPSA) is 82.0 Å². The van der Waals surface area contributed by atoms with Gasteiger partial charge >= 0.3 is 0 Å². The van der Waals surface area contributed by atoms with Crippen molar-refractivity contribution in [3.63, 3.8) is 0 Å². The van der Waals surface area contributed by atoms with Crippen LogP contribution in [0.1, 0.15) is 5.56 Å². The number of aromatic nitrogens is 1. The molecule has 2 N–H and O–H groups in total. The third kappa shape index (κ3) is 3.19. The van der Waals surface area contributed by atoms with Gasteiger partial charge in [-0.3, -0.25) is 15.1 Å². The number of nitrogen functional groups attached to an aromatic ring is 1. The summed E-state index contributed by atoms with van der Waals surface area (Å²) in [4.78, 5) is 14.9. The van der Waals surface area contributed by atoms with Crippen LogP contribution in [0.3, 0.4) is 0 Å². The van der Waals surface area contributed by atoms with Crippen molar-refractivity contribution in [2.75, 3.05) is 5.73 Å². The molecular formula is C12H10FN3O2S. The second-order valence-corrected chi connectivity index (χ2v) is 4.75. The number of anilines is 1. The first-order valence-electron chi connectivity index (χ1n) is 5.33. The fourth-order valence-electron chi connectivity index (χ4n) is 1.53. The smallest absolute Gasteiger partial charge is 0.273 e. The van der Waals surface area contributed by atoms with Crippen molar-refractivity contribution in [2.45, 2.75) is 10.6 Å². The lowest BCUT2D eigenvalue weighted by molar-refractivity contribution is -0.385. The van der Waals surface area contributed by atoms with Crippen molar-refractivity contribution in [3.05, 3.63) is 58.2 Å². The number of nitrogens with zero attached hydrogens (tertiary/aromatic N) is 2. The van der Waals surface area contributed by atoms with Gasteiger partial charge in [-0.25, -0.2) is 4.39 Å². The van der Waals surface area contributed by atoms with Crippen molar-refractivity contribution < 1.29 is 9.31 Å². The zero-order valence-corrected chi connectivity index (χ0v) is 10.6. The molecule has 0 spiro atoms. The number of hydrogen-bond acceptors (Lipinski definition) is 5. The minimum atomic E-state index is -0.523. The lowest BCUT2D eigenvalue weighted by atomic mass is 10.2. The Bertz CT molecular complexity index is 622. The quantitative estimate of drug-likeness (QED) is 0.528. The van der Waals surface area contributed by atoms with Crippen LogP contribution in [0.4, 0.5) is 15.8 Å². The van der Waals surface area contributed by atoms with E-state index in [1.807, 2.05) is 0 Å². The molecule has 0 radical (unpaired) electrons. The molecule has 2 rings (SSSR count). The highest BCUT2D eigenvalue weighted by molar-refractivity contribution is 7.98. The highest BCUT2D eigenvalue weighted by Crippen LogP contribution is 2.30. The molecule has 19 heavy (non-hydrogen) atoms. The largest absolute Gasteiger partial charge is 0.397 e. The Balaban J connectivity index is 2.22. The van der Waals surface area contributed by atoms with Crippen LogP contribution in [0.15, 0.2) is 41.6 Å². The third-order valence-electron chi connectivity index (χ3n) is 2.43. The van der Waals surface area contributed by atoms with Crippen LogP contribution in [0.5, 0.6) is 0 Å². The Morgan fingerprint density at radius 2 is 2.21 bits per heavy atom. The van der Waals surface area contributed by atoms with Crippen molar-refractivity contribution in [1.29, 1.82) is 0 Å². The molecule has 0 atom stereocenters. The number of nitro groups is 1. The van der Waals surface area contributed by atoms with Gasteiger partial charge in [0.1, 0.15) is 5.82 Å². The molecule has 7 heteroatoms. The molecule has 0 fully saturated rings. The fraction of sp³-hybridized carbons (Fsp3) is 0.0833. The van der Waals surface area contributed by atoms with E-state index >= 15 is 0 Å². The van der Waals surface area contributed by atoms with Gasteiger partial charge in [0, 0.05) is 28.5 Å². The zero-order valence-electron chi connectivity index (χ0n) is 9.75. The standard InChI is InChI=1S/C12H10FN3O2S/c13-9-1-2-11(16(17)18)8(5-9)7-19-12-3-4-15-6-10(12)14/h1-6H,7,14H2. The summed E-state index contributed by atoms with van der Waals surface area (Å²) in [6.45, 7) is 0. The molecule has 0 aliphatic carbocycles. The number of pyridine rings is 1. The number of nitrogens with two attached hydrogens (primary N) is 1. The Morgan fingerprint density at radius 3 is 2.89 bits per heavy atom. The van der Waals surface area contributed by atoms with Gasteiger partial charge < -0.3 is 5.73 Å². The Hall–Kier alpha value is -2.15. The number of benzene rings is 1. The molecule has 0 bridgehead atoms. The summed E-state index contributed by atoms with van der Waals surface area (Å²) < 4.78 is 13.1. The van der Waals surface area contributed by atoms with Gasteiger partial charge in [-0.2, -0.15) is 0 Å². The van der Waals surface area contributed by atoms with Gasteiger partial charge in [0.2, 0.25) is 0 Å². The number of hydrogen-bond donors (Lipinski definition) is 1. The van der Waals surface area contributed by atoms with Gasteiger partial charge in [-0.1, -0.05) is 0 Å². The van der Waals surface area contributed by atoms with Crippen LogP contribution in [-0.2, 0) is 5.75 Å². The van der Waals surface area contributed by atoms with Crippen LogP contribution in [0.25, 0.3) is 0 Å². The van der Waals surface area contributed by atoms with E-state index in [1.54, 1.807) is 12.3 Å². The first kappa shape index (κ1) is 13.3. The first-order chi connectivity index (χ1) is 9.08. The van der Waals surface area contributed by atoms with E-state index in [1.165, 1.54) is 30.1 Å². The van der Waals surface area contributed by atoms with Crippen molar-refractivity contribution >= 4 is 23.1 Å². The fourth-order valence-corrected chi connectivity index (χ4v) is 2.45. The number of halogens is 1. The molecule has 5 nitrogen and oxygen atoms in total. The molecular weight excluding hydrogens is 269 g/mol. The highest BCUT2D eigenvalue weighted by Gasteiger charge is 2.14. The second-order valence-electron chi connectivity index (χ2n) is 3.73. The van der Waals surface area contributed by atoms with E-state index < -0.39 is 10.7 Å². The van der Waals surface area contributed by atoms with Gasteiger partial charge in [0.15, 0.2) is 0 Å². The lowest BCUT2D eigenvalue weighted by Crippen LogP contribution is -1.96. The Kier molecular flexibility index (Phi) is 3.96. The number of thioether (sulfide) groups is 1. The maximum atomic E-state index is 13.1. The van der Waals surface area contributed by atoms with E-state index in [0.29, 0.717) is 11.3 Å². The highest BCUT2D eigenvalue weighted by atomic mass is 32.2. The minimum absolute atomic E-state index is 0.0958. The van der Waals surface area contributed by atoms with Crippen LogP contribution < -0.4 is 5.73 Å². The first-order valence-corrected chi connectivity index (χ1v) is 6.31. The summed E-state index contributed by atoms with van der Waals surface area (Å²) in [6, 6.07) is 5.13. The SMILES string of the molecule is Nc1cnccc1SCc1cc(F)ccc1[N+](=O)[O-]. The molecule has 2 aromatic rings. The van der Waals surface area contributed by atoms with Gasteiger partial charge in [0.25, 0.3) is 5.69 Å². The number of rotatable bonds is 4. The molecule has 98 valence electrons. The summed E-state index contributed by atoms with van der Waals surface area (Å²) in [6.07, 6.45) is 3.08. The predicted molar refractivity (Wildman–Crippen MR) is 71.3 cm³/mol. The Labute approximate surface area is 112 Å². The van der Waals surface area contributed by atoms with E-state index in [4.69, 9.17) is 5.73 Å². The molecule has 0 aliphatic rings. The summed E-state index contributed by atoms with van der Waals surface area (Å²) in [5.74, 6) is -0.230. The molecule has 0 saturated carbocycles. The van der Waals surface area contributed by atoms with E-state index in [2.05, 4.69) is 4.98 Å². The second kappa shape index (κ2) is 5.66. The lowest BCUT2D eigenvalue weighted by Gasteiger charge is -2.05. The van der Waals surface area contributed by atoms with Crippen LogP contribution in [-0.4, -0.2) is 9.91 Å². The third-order valence-corrected chi connectivity index (χ3v) is 3.57. The van der Waals surface area contributed by atoms with Crippen LogP contribution in [0.2, 0.25) is 0 Å². The van der Waals surface area contributed by atoms with Crippen LogP contribution in [0, 0.1) is 15.9 Å². The van der Waals surface area contributed by atoms with Gasteiger partial charge in [-0.15, -0.1) is 11.8 Å². The monoisotopic (exact) mass is 279 g/mol. The van der Waals surface area contributed by atoms with E-state index in [9.17, 15) is 14.5 Å². The molecule has 0 aliphatic heterocycles. The molecule has 0 saturated heterocycles. The average Bonchev–Trinajstić information content (AvgIpc) is 2.37. The van der Waals surface area contributed by atoms with Gasteiger partial charge in [-0.05, 0) is 18.2 Å². The molecule has 0 unspecified atom stereocenters. The maximum absolute atomic E-state index is 13.1. The van der Waals surface area contributed by atoms with Crippen molar-refractivity contribution in [1.82, 2.24) is 4.98 Å². The molecule has 1 heterocycles. The maximum Gasteiger partial charge on any atom is 0.273 e. The van der Waals surface area contributed by atoms with E-state index in [0.717, 1.165) is 11.0 Å². The van der Waals surface area contributed by atoms with Crippen LogP contribution >= 0.6 is 11.8 Å². The molecule has 1 aromatic heterocycles. The Morgan fingerprint density at radius 1 is 1.42 bits per heavy atom.